The van der Waals surface area contributed by atoms with Gasteiger partial charge in [0.05, 0.1) is 13.1 Å². The Balaban J connectivity index is 1.79. The summed E-state index contributed by atoms with van der Waals surface area (Å²) in [5, 5.41) is 9.44. The van der Waals surface area contributed by atoms with Crippen molar-refractivity contribution in [1.29, 1.82) is 0 Å². The summed E-state index contributed by atoms with van der Waals surface area (Å²) in [6, 6.07) is 0. The van der Waals surface area contributed by atoms with Gasteiger partial charge in [0.15, 0.2) is 6.29 Å². The van der Waals surface area contributed by atoms with Gasteiger partial charge in [-0.3, -0.25) is 9.69 Å². The number of hydrogen-bond donors (Lipinski definition) is 2. The number of ether oxygens (including phenoxy) is 1. The summed E-state index contributed by atoms with van der Waals surface area (Å²) < 4.78 is 5.38. The minimum Gasteiger partial charge on any atom is -0.367 e. The molecule has 3 N–H and O–H groups in total. The smallest absolute Gasteiger partial charge is 0.246 e. The van der Waals surface area contributed by atoms with Crippen LogP contribution in [0.15, 0.2) is 23.5 Å². The highest BCUT2D eigenvalue weighted by molar-refractivity contribution is 5.92. The Hall–Kier alpha value is -1.37. The maximum Gasteiger partial charge on any atom is 0.246 e. The number of carbonyl (C=O) groups is 1. The number of aliphatic hydroxyl groups is 1. The van der Waals surface area contributed by atoms with Crippen molar-refractivity contribution in [3.8, 4) is 0 Å². The second-order valence-electron chi connectivity index (χ2n) is 4.55. The molecule has 3 aliphatic rings. The molecule has 2 unspecified atom stereocenters. The van der Waals surface area contributed by atoms with Crippen LogP contribution in [0.5, 0.6) is 0 Å². The van der Waals surface area contributed by atoms with Gasteiger partial charge in [0.1, 0.15) is 6.23 Å². The standard InChI is InChI=1S/C11H15N3O3/c12-11(16)7-1-2-8-4-14-6-10(15)17-9(14)5-13(8)3-7/h2-3,9-10,15H,1,4-6H2,(H2,12,16). The second-order valence-corrected chi connectivity index (χ2v) is 4.55. The minimum absolute atomic E-state index is 0.106. The molecule has 0 aromatic carbocycles. The van der Waals surface area contributed by atoms with Crippen molar-refractivity contribution in [3.63, 3.8) is 0 Å². The number of carbonyl (C=O) groups excluding carboxylic acids is 1. The van der Waals surface area contributed by atoms with Crippen LogP contribution < -0.4 is 5.73 Å². The van der Waals surface area contributed by atoms with Gasteiger partial charge in [-0.05, 0) is 6.42 Å². The molecule has 17 heavy (non-hydrogen) atoms. The Morgan fingerprint density at radius 3 is 3.12 bits per heavy atom. The van der Waals surface area contributed by atoms with Crippen LogP contribution in [-0.2, 0) is 9.53 Å². The van der Waals surface area contributed by atoms with E-state index in [1.807, 2.05) is 11.0 Å². The summed E-state index contributed by atoms with van der Waals surface area (Å²) >= 11 is 0. The van der Waals surface area contributed by atoms with Crippen LogP contribution in [0.1, 0.15) is 6.42 Å². The highest BCUT2D eigenvalue weighted by Gasteiger charge is 2.38. The lowest BCUT2D eigenvalue weighted by Gasteiger charge is -2.39. The summed E-state index contributed by atoms with van der Waals surface area (Å²) in [5.74, 6) is -0.380. The number of rotatable bonds is 1. The second kappa shape index (κ2) is 3.83. The Morgan fingerprint density at radius 1 is 1.53 bits per heavy atom. The van der Waals surface area contributed by atoms with Gasteiger partial charge >= 0.3 is 0 Å². The number of primary amides is 1. The lowest BCUT2D eigenvalue weighted by atomic mass is 10.1. The number of nitrogens with zero attached hydrogens (tertiary/aromatic N) is 2. The summed E-state index contributed by atoms with van der Waals surface area (Å²) in [6.45, 7) is 1.91. The predicted octanol–water partition coefficient (Wildman–Crippen LogP) is -1.06. The highest BCUT2D eigenvalue weighted by atomic mass is 16.6. The van der Waals surface area contributed by atoms with Gasteiger partial charge in [-0.1, -0.05) is 6.08 Å². The van der Waals surface area contributed by atoms with E-state index in [0.29, 0.717) is 25.1 Å². The lowest BCUT2D eigenvalue weighted by molar-refractivity contribution is -0.115. The maximum absolute atomic E-state index is 11.1. The van der Waals surface area contributed by atoms with Crippen LogP contribution >= 0.6 is 0 Å². The molecule has 3 rings (SSSR count). The Kier molecular flexibility index (Phi) is 2.43. The zero-order chi connectivity index (χ0) is 12.0. The number of aliphatic hydroxyl groups excluding tert-OH is 1. The molecule has 0 aromatic rings. The highest BCUT2D eigenvalue weighted by Crippen LogP contribution is 2.28. The molecular weight excluding hydrogens is 222 g/mol. The van der Waals surface area contributed by atoms with Crippen LogP contribution in [0, 0.1) is 0 Å². The lowest BCUT2D eigenvalue weighted by Crippen LogP contribution is -2.48. The molecule has 2 atom stereocenters. The topological polar surface area (TPSA) is 79.0 Å². The monoisotopic (exact) mass is 237 g/mol. The first kappa shape index (κ1) is 10.8. The molecule has 6 nitrogen and oxygen atoms in total. The van der Waals surface area contributed by atoms with E-state index in [-0.39, 0.29) is 12.1 Å². The Labute approximate surface area is 98.9 Å². The maximum atomic E-state index is 11.1. The first-order chi connectivity index (χ1) is 8.13. The van der Waals surface area contributed by atoms with Crippen molar-refractivity contribution in [1.82, 2.24) is 9.80 Å². The SMILES string of the molecule is NC(=O)C1=CN2CC3OC(O)CN3CC2=CC1. The molecule has 0 aromatic heterocycles. The molecule has 0 spiro atoms. The van der Waals surface area contributed by atoms with Crippen molar-refractivity contribution in [2.75, 3.05) is 19.6 Å². The van der Waals surface area contributed by atoms with Gasteiger partial charge in [0.2, 0.25) is 5.91 Å². The number of allylic oxidation sites excluding steroid dienone is 1. The normalized spacial score (nSPS) is 32.6. The predicted molar refractivity (Wildman–Crippen MR) is 59.1 cm³/mol. The quantitative estimate of drug-likeness (QED) is 0.607. The average molecular weight is 237 g/mol. The average Bonchev–Trinajstić information content (AvgIpc) is 2.63. The molecule has 1 amide bonds. The molecule has 0 aliphatic carbocycles. The van der Waals surface area contributed by atoms with Gasteiger partial charge in [-0.25, -0.2) is 0 Å². The fraction of sp³-hybridized carbons (Fsp3) is 0.545. The zero-order valence-electron chi connectivity index (χ0n) is 9.37. The molecule has 2 fully saturated rings. The van der Waals surface area contributed by atoms with Crippen LogP contribution in [-0.4, -0.2) is 53.0 Å². The van der Waals surface area contributed by atoms with Crippen molar-refractivity contribution in [3.05, 3.63) is 23.5 Å². The summed E-state index contributed by atoms with van der Waals surface area (Å²) in [7, 11) is 0. The van der Waals surface area contributed by atoms with E-state index in [1.165, 1.54) is 0 Å². The van der Waals surface area contributed by atoms with Gasteiger partial charge in [-0.15, -0.1) is 0 Å². The molecule has 92 valence electrons. The van der Waals surface area contributed by atoms with Gasteiger partial charge < -0.3 is 20.5 Å². The van der Waals surface area contributed by atoms with Crippen molar-refractivity contribution in [2.24, 2.45) is 5.73 Å². The van der Waals surface area contributed by atoms with Gasteiger partial charge in [-0.2, -0.15) is 0 Å². The number of hydrogen-bond acceptors (Lipinski definition) is 5. The van der Waals surface area contributed by atoms with E-state index in [1.54, 1.807) is 6.20 Å². The third-order valence-corrected chi connectivity index (χ3v) is 3.38. The first-order valence-corrected chi connectivity index (χ1v) is 5.67. The van der Waals surface area contributed by atoms with Gasteiger partial charge in [0, 0.05) is 24.0 Å². The fourth-order valence-corrected chi connectivity index (χ4v) is 2.49. The number of nitrogens with two attached hydrogens (primary N) is 1. The molecule has 2 saturated heterocycles. The van der Waals surface area contributed by atoms with Crippen molar-refractivity contribution in [2.45, 2.75) is 18.9 Å². The zero-order valence-corrected chi connectivity index (χ0v) is 9.37. The summed E-state index contributed by atoms with van der Waals surface area (Å²) in [5.41, 5.74) is 7.03. The molecular formula is C11H15N3O3. The van der Waals surface area contributed by atoms with E-state index in [9.17, 15) is 9.90 Å². The summed E-state index contributed by atoms with van der Waals surface area (Å²) in [6.07, 6.45) is 3.58. The number of amides is 1. The van der Waals surface area contributed by atoms with E-state index >= 15 is 0 Å². The molecule has 3 aliphatic heterocycles. The molecule has 3 heterocycles. The van der Waals surface area contributed by atoms with E-state index < -0.39 is 6.29 Å². The van der Waals surface area contributed by atoms with E-state index in [2.05, 4.69) is 4.90 Å². The Bertz CT molecular complexity index is 418. The third-order valence-electron chi connectivity index (χ3n) is 3.38. The van der Waals surface area contributed by atoms with Crippen LogP contribution in [0.2, 0.25) is 0 Å². The van der Waals surface area contributed by atoms with Gasteiger partial charge in [0.25, 0.3) is 0 Å². The largest absolute Gasteiger partial charge is 0.367 e. The molecule has 0 radical (unpaired) electrons. The van der Waals surface area contributed by atoms with E-state index in [0.717, 1.165) is 12.2 Å². The number of piperazine rings is 1. The van der Waals surface area contributed by atoms with Crippen molar-refractivity contribution >= 4 is 5.91 Å². The van der Waals surface area contributed by atoms with Crippen LogP contribution in [0.3, 0.4) is 0 Å². The molecule has 0 saturated carbocycles. The first-order valence-electron chi connectivity index (χ1n) is 5.67. The van der Waals surface area contributed by atoms with Crippen molar-refractivity contribution < 1.29 is 14.6 Å². The Morgan fingerprint density at radius 2 is 2.35 bits per heavy atom. The molecule has 6 heteroatoms. The minimum atomic E-state index is -0.707. The molecule has 0 bridgehead atoms. The number of fused-ring (bicyclic) bond motifs is 2. The fourth-order valence-electron chi connectivity index (χ4n) is 2.49. The summed E-state index contributed by atoms with van der Waals surface area (Å²) in [4.78, 5) is 15.2. The van der Waals surface area contributed by atoms with Crippen LogP contribution in [0.4, 0.5) is 0 Å². The van der Waals surface area contributed by atoms with E-state index in [4.69, 9.17) is 10.5 Å². The van der Waals surface area contributed by atoms with Crippen LogP contribution in [0.25, 0.3) is 0 Å². The third kappa shape index (κ3) is 1.84.